The molecule has 0 aromatic rings. The summed E-state index contributed by atoms with van der Waals surface area (Å²) in [7, 11) is 0. The van der Waals surface area contributed by atoms with Crippen molar-refractivity contribution >= 4 is 12.0 Å². The minimum atomic E-state index is -0.595. The van der Waals surface area contributed by atoms with Crippen LogP contribution in [0.4, 0.5) is 4.79 Å². The summed E-state index contributed by atoms with van der Waals surface area (Å²) in [5.74, 6) is -0.173. The zero-order valence-corrected chi connectivity index (χ0v) is 11.2. The van der Waals surface area contributed by atoms with Crippen molar-refractivity contribution in [3.63, 3.8) is 0 Å². The van der Waals surface area contributed by atoms with E-state index in [1.54, 1.807) is 20.8 Å². The molecule has 2 fully saturated rings. The van der Waals surface area contributed by atoms with Gasteiger partial charge in [0.2, 0.25) is 5.91 Å². The van der Waals surface area contributed by atoms with Gasteiger partial charge >= 0.3 is 6.09 Å². The quantitative estimate of drug-likeness (QED) is 0.715. The van der Waals surface area contributed by atoms with Gasteiger partial charge in [-0.15, -0.1) is 0 Å². The summed E-state index contributed by atoms with van der Waals surface area (Å²) in [5.41, 5.74) is -1.11. The van der Waals surface area contributed by atoms with Crippen LogP contribution in [0.5, 0.6) is 0 Å². The van der Waals surface area contributed by atoms with Gasteiger partial charge in [0.15, 0.2) is 0 Å². The van der Waals surface area contributed by atoms with Gasteiger partial charge in [-0.1, -0.05) is 0 Å². The number of aliphatic hydroxyl groups excluding tert-OH is 1. The molecule has 5 heteroatoms. The van der Waals surface area contributed by atoms with E-state index in [0.29, 0.717) is 32.2 Å². The number of aliphatic hydroxyl groups is 1. The lowest BCUT2D eigenvalue weighted by molar-refractivity contribution is -0.135. The molecule has 1 heterocycles. The molecule has 1 N–H and O–H groups in total. The highest BCUT2D eigenvalue weighted by atomic mass is 16.6. The second-order valence-electron chi connectivity index (χ2n) is 6.36. The standard InChI is InChI=1S/C13H21NO4/c1-12(2,3)18-11(17)14-7-6-13(10(14)16)5-4-9(15)8-13/h9,15H,4-8H2,1-3H3. The molecule has 1 aliphatic carbocycles. The van der Waals surface area contributed by atoms with Crippen LogP contribution in [0.15, 0.2) is 0 Å². The summed E-state index contributed by atoms with van der Waals surface area (Å²) in [6, 6.07) is 0. The molecule has 1 spiro atoms. The molecule has 1 saturated carbocycles. The SMILES string of the molecule is CC(C)(C)OC(=O)N1CCC2(CCC(O)C2)C1=O. The van der Waals surface area contributed by atoms with Gasteiger partial charge in [-0.2, -0.15) is 0 Å². The lowest BCUT2D eigenvalue weighted by atomic mass is 9.84. The highest BCUT2D eigenvalue weighted by molar-refractivity contribution is 5.97. The van der Waals surface area contributed by atoms with Gasteiger partial charge in [0, 0.05) is 6.54 Å². The average molecular weight is 255 g/mol. The Labute approximate surface area is 107 Å². The summed E-state index contributed by atoms with van der Waals surface area (Å²) in [6.07, 6.45) is 1.46. The van der Waals surface area contributed by atoms with Crippen molar-refractivity contribution < 1.29 is 19.4 Å². The molecule has 2 atom stereocenters. The Balaban J connectivity index is 2.06. The third kappa shape index (κ3) is 2.36. The maximum atomic E-state index is 12.3. The molecule has 2 aliphatic rings. The monoisotopic (exact) mass is 255 g/mol. The van der Waals surface area contributed by atoms with Crippen LogP contribution in [0.1, 0.15) is 46.5 Å². The number of imide groups is 1. The number of amides is 2. The van der Waals surface area contributed by atoms with E-state index >= 15 is 0 Å². The van der Waals surface area contributed by atoms with E-state index in [-0.39, 0.29) is 5.91 Å². The molecule has 1 aliphatic heterocycles. The summed E-state index contributed by atoms with van der Waals surface area (Å²) >= 11 is 0. The average Bonchev–Trinajstić information content (AvgIpc) is 2.72. The fourth-order valence-corrected chi connectivity index (χ4v) is 2.83. The van der Waals surface area contributed by atoms with Crippen LogP contribution in [0, 0.1) is 5.41 Å². The first-order chi connectivity index (χ1) is 8.23. The molecule has 0 aromatic carbocycles. The predicted molar refractivity (Wildman–Crippen MR) is 64.9 cm³/mol. The number of carbonyl (C=O) groups excluding carboxylic acids is 2. The Hall–Kier alpha value is -1.10. The molecule has 102 valence electrons. The largest absolute Gasteiger partial charge is 0.443 e. The lowest BCUT2D eigenvalue weighted by Crippen LogP contribution is -2.40. The number of hydrogen-bond donors (Lipinski definition) is 1. The Bertz CT molecular complexity index is 374. The minimum absolute atomic E-state index is 0.173. The Kier molecular flexibility index (Phi) is 3.13. The Morgan fingerprint density at radius 2 is 2.11 bits per heavy atom. The molecule has 2 rings (SSSR count). The van der Waals surface area contributed by atoms with E-state index in [0.717, 1.165) is 0 Å². The van der Waals surface area contributed by atoms with Crippen LogP contribution in [0.3, 0.4) is 0 Å². The molecular weight excluding hydrogens is 234 g/mol. The highest BCUT2D eigenvalue weighted by Gasteiger charge is 2.53. The van der Waals surface area contributed by atoms with Gasteiger partial charge in [0.05, 0.1) is 11.5 Å². The molecule has 0 bridgehead atoms. The van der Waals surface area contributed by atoms with Crippen molar-refractivity contribution in [2.75, 3.05) is 6.54 Å². The third-order valence-electron chi connectivity index (χ3n) is 3.71. The number of likely N-dealkylation sites (tertiary alicyclic amines) is 1. The van der Waals surface area contributed by atoms with Crippen LogP contribution >= 0.6 is 0 Å². The van der Waals surface area contributed by atoms with Gasteiger partial charge in [-0.25, -0.2) is 9.69 Å². The van der Waals surface area contributed by atoms with E-state index in [9.17, 15) is 14.7 Å². The second-order valence-corrected chi connectivity index (χ2v) is 6.36. The number of hydrogen-bond acceptors (Lipinski definition) is 4. The topological polar surface area (TPSA) is 66.8 Å². The van der Waals surface area contributed by atoms with Gasteiger partial charge in [0.1, 0.15) is 5.60 Å². The zero-order chi connectivity index (χ0) is 13.6. The summed E-state index contributed by atoms with van der Waals surface area (Å²) in [5, 5.41) is 9.60. The molecular formula is C13H21NO4. The molecule has 0 aromatic heterocycles. The smallest absolute Gasteiger partial charge is 0.417 e. The van der Waals surface area contributed by atoms with Crippen LogP contribution in [-0.2, 0) is 9.53 Å². The summed E-state index contributed by atoms with van der Waals surface area (Å²) < 4.78 is 5.23. The maximum absolute atomic E-state index is 12.3. The van der Waals surface area contributed by atoms with Crippen LogP contribution in [-0.4, -0.2) is 40.3 Å². The first-order valence-electron chi connectivity index (χ1n) is 6.47. The van der Waals surface area contributed by atoms with Crippen molar-refractivity contribution in [3.05, 3.63) is 0 Å². The molecule has 0 radical (unpaired) electrons. The first kappa shape index (κ1) is 13.3. The minimum Gasteiger partial charge on any atom is -0.443 e. The molecule has 5 nitrogen and oxygen atoms in total. The molecule has 2 amide bonds. The van der Waals surface area contributed by atoms with Crippen LogP contribution in [0.25, 0.3) is 0 Å². The van der Waals surface area contributed by atoms with Crippen molar-refractivity contribution in [1.82, 2.24) is 4.90 Å². The number of nitrogens with zero attached hydrogens (tertiary/aromatic N) is 1. The van der Waals surface area contributed by atoms with E-state index in [1.807, 2.05) is 0 Å². The second kappa shape index (κ2) is 4.23. The van der Waals surface area contributed by atoms with Crippen molar-refractivity contribution in [2.45, 2.75) is 58.2 Å². The van der Waals surface area contributed by atoms with Crippen molar-refractivity contribution in [1.29, 1.82) is 0 Å². The van der Waals surface area contributed by atoms with E-state index in [2.05, 4.69) is 0 Å². The van der Waals surface area contributed by atoms with Crippen LogP contribution < -0.4 is 0 Å². The fourth-order valence-electron chi connectivity index (χ4n) is 2.83. The van der Waals surface area contributed by atoms with Gasteiger partial charge in [0.25, 0.3) is 0 Å². The van der Waals surface area contributed by atoms with Gasteiger partial charge < -0.3 is 9.84 Å². The normalized spacial score (nSPS) is 32.3. The predicted octanol–water partition coefficient (Wildman–Crippen LogP) is 1.68. The Morgan fingerprint density at radius 3 is 2.61 bits per heavy atom. The number of ether oxygens (including phenoxy) is 1. The number of carbonyl (C=O) groups is 2. The van der Waals surface area contributed by atoms with Crippen molar-refractivity contribution in [3.8, 4) is 0 Å². The van der Waals surface area contributed by atoms with Gasteiger partial charge in [-0.05, 0) is 46.5 Å². The fraction of sp³-hybridized carbons (Fsp3) is 0.846. The van der Waals surface area contributed by atoms with E-state index in [4.69, 9.17) is 4.74 Å². The lowest BCUT2D eigenvalue weighted by Gasteiger charge is -2.25. The van der Waals surface area contributed by atoms with Crippen LogP contribution in [0.2, 0.25) is 0 Å². The third-order valence-corrected chi connectivity index (χ3v) is 3.71. The Morgan fingerprint density at radius 1 is 1.44 bits per heavy atom. The molecule has 2 unspecified atom stereocenters. The molecule has 18 heavy (non-hydrogen) atoms. The first-order valence-corrected chi connectivity index (χ1v) is 6.47. The zero-order valence-electron chi connectivity index (χ0n) is 11.2. The highest BCUT2D eigenvalue weighted by Crippen LogP contribution is 2.46. The number of rotatable bonds is 0. The van der Waals surface area contributed by atoms with E-state index in [1.165, 1.54) is 4.90 Å². The van der Waals surface area contributed by atoms with Gasteiger partial charge in [-0.3, -0.25) is 4.79 Å². The summed E-state index contributed by atoms with van der Waals surface area (Å²) in [6.45, 7) is 5.74. The maximum Gasteiger partial charge on any atom is 0.417 e. The van der Waals surface area contributed by atoms with E-state index < -0.39 is 23.2 Å². The molecule has 1 saturated heterocycles. The van der Waals surface area contributed by atoms with Crippen molar-refractivity contribution in [2.24, 2.45) is 5.41 Å². The summed E-state index contributed by atoms with van der Waals surface area (Å²) in [4.78, 5) is 25.4.